The van der Waals surface area contributed by atoms with Gasteiger partial charge in [0.15, 0.2) is 5.82 Å². The number of fused-ring (bicyclic) bond motifs is 4. The van der Waals surface area contributed by atoms with E-state index in [1.807, 2.05) is 54.6 Å². The number of aromatic nitrogens is 5. The van der Waals surface area contributed by atoms with Gasteiger partial charge < -0.3 is 4.57 Å². The topological polar surface area (TPSA) is 56.5 Å². The Morgan fingerprint density at radius 2 is 0.915 bits per heavy atom. The molecule has 0 atom stereocenters. The minimum atomic E-state index is 0.657. The summed E-state index contributed by atoms with van der Waals surface area (Å²) in [5, 5.41) is 1.08. The van der Waals surface area contributed by atoms with Crippen LogP contribution in [0.15, 0.2) is 164 Å². The number of benzene rings is 6. The number of para-hydroxylation sites is 4. The van der Waals surface area contributed by atoms with E-state index < -0.39 is 0 Å². The van der Waals surface area contributed by atoms with Crippen LogP contribution in [0.25, 0.3) is 83.8 Å². The van der Waals surface area contributed by atoms with Crippen molar-refractivity contribution in [2.45, 2.75) is 0 Å². The fourth-order valence-corrected chi connectivity index (χ4v) is 6.42. The molecule has 3 heterocycles. The van der Waals surface area contributed by atoms with Crippen LogP contribution in [0.4, 0.5) is 0 Å². The summed E-state index contributed by atoms with van der Waals surface area (Å²) >= 11 is 0. The van der Waals surface area contributed by atoms with Crippen LogP contribution in [0.5, 0.6) is 0 Å². The first-order valence-electron chi connectivity index (χ1n) is 15.7. The van der Waals surface area contributed by atoms with Crippen LogP contribution < -0.4 is 0 Å². The van der Waals surface area contributed by atoms with E-state index in [1.54, 1.807) is 0 Å². The summed E-state index contributed by atoms with van der Waals surface area (Å²) < 4.78 is 2.28. The molecule has 0 saturated carbocycles. The van der Waals surface area contributed by atoms with Crippen molar-refractivity contribution in [3.63, 3.8) is 0 Å². The third-order valence-electron chi connectivity index (χ3n) is 8.58. The van der Waals surface area contributed by atoms with Crippen LogP contribution in [0.3, 0.4) is 0 Å². The van der Waals surface area contributed by atoms with Gasteiger partial charge in [0, 0.05) is 33.3 Å². The van der Waals surface area contributed by atoms with E-state index >= 15 is 0 Å². The predicted octanol–water partition coefficient (Wildman–Crippen LogP) is 10.2. The maximum atomic E-state index is 5.32. The molecule has 0 N–H and O–H groups in total. The average Bonchev–Trinajstić information content (AvgIpc) is 3.49. The molecule has 0 unspecified atom stereocenters. The molecule has 0 aliphatic rings. The van der Waals surface area contributed by atoms with Gasteiger partial charge in [-0.1, -0.05) is 127 Å². The maximum absolute atomic E-state index is 5.32. The van der Waals surface area contributed by atoms with Crippen molar-refractivity contribution in [3.05, 3.63) is 164 Å². The molecule has 0 spiro atoms. The Kier molecular flexibility index (Phi) is 6.39. The number of rotatable bonds is 5. The molecular weight excluding hydrogens is 574 g/mol. The third-order valence-corrected chi connectivity index (χ3v) is 8.58. The summed E-state index contributed by atoms with van der Waals surface area (Å²) in [5.41, 5.74) is 12.2. The van der Waals surface area contributed by atoms with Gasteiger partial charge in [0.1, 0.15) is 5.52 Å². The quantitative estimate of drug-likeness (QED) is 0.197. The van der Waals surface area contributed by atoms with Crippen molar-refractivity contribution >= 4 is 33.0 Å². The summed E-state index contributed by atoms with van der Waals surface area (Å²) in [7, 11) is 0. The first-order valence-corrected chi connectivity index (χ1v) is 15.7. The Balaban J connectivity index is 1.30. The lowest BCUT2D eigenvalue weighted by molar-refractivity contribution is 1.15. The Labute approximate surface area is 271 Å². The average molecular weight is 602 g/mol. The van der Waals surface area contributed by atoms with Crippen LogP contribution in [-0.4, -0.2) is 24.5 Å². The molecule has 0 radical (unpaired) electrons. The monoisotopic (exact) mass is 601 g/mol. The lowest BCUT2D eigenvalue weighted by atomic mass is 10.0. The molecule has 220 valence electrons. The zero-order chi connectivity index (χ0) is 31.2. The van der Waals surface area contributed by atoms with E-state index in [4.69, 9.17) is 19.9 Å². The van der Waals surface area contributed by atoms with E-state index in [2.05, 4.69) is 114 Å². The Bertz CT molecular complexity index is 2560. The molecule has 3 aromatic heterocycles. The smallest absolute Gasteiger partial charge is 0.160 e. The van der Waals surface area contributed by atoms with Gasteiger partial charge in [0.25, 0.3) is 0 Å². The fraction of sp³-hybridized carbons (Fsp3) is 0. The van der Waals surface area contributed by atoms with Crippen molar-refractivity contribution in [1.82, 2.24) is 24.5 Å². The van der Waals surface area contributed by atoms with Crippen LogP contribution in [0.2, 0.25) is 0 Å². The SMILES string of the molecule is c1ccc(-c2nc3ccccc3nc2-c2cccc(-c3nc(-c4ccccc4)c4c(n3)c3ccccc3n4-c3ccccc3)c2)cc1. The molecule has 47 heavy (non-hydrogen) atoms. The van der Waals surface area contributed by atoms with Crippen molar-refractivity contribution < 1.29 is 0 Å². The first kappa shape index (κ1) is 26.9. The van der Waals surface area contributed by atoms with Gasteiger partial charge in [0.05, 0.1) is 39.1 Å². The molecule has 0 aliphatic carbocycles. The van der Waals surface area contributed by atoms with Gasteiger partial charge in [-0.15, -0.1) is 0 Å². The lowest BCUT2D eigenvalue weighted by Crippen LogP contribution is -2.00. The summed E-state index contributed by atoms with van der Waals surface area (Å²) in [4.78, 5) is 20.9. The van der Waals surface area contributed by atoms with Crippen LogP contribution >= 0.6 is 0 Å². The highest BCUT2D eigenvalue weighted by Gasteiger charge is 2.21. The van der Waals surface area contributed by atoms with Crippen molar-refractivity contribution in [2.75, 3.05) is 0 Å². The maximum Gasteiger partial charge on any atom is 0.160 e. The van der Waals surface area contributed by atoms with Gasteiger partial charge in [-0.05, 0) is 36.4 Å². The van der Waals surface area contributed by atoms with Crippen molar-refractivity contribution in [1.29, 1.82) is 0 Å². The molecule has 9 rings (SSSR count). The molecule has 5 nitrogen and oxygen atoms in total. The first-order chi connectivity index (χ1) is 23.3. The van der Waals surface area contributed by atoms with Crippen molar-refractivity contribution in [3.8, 4) is 50.8 Å². The highest BCUT2D eigenvalue weighted by Crippen LogP contribution is 2.38. The molecule has 5 heteroatoms. The van der Waals surface area contributed by atoms with Gasteiger partial charge >= 0.3 is 0 Å². The van der Waals surface area contributed by atoms with E-state index in [9.17, 15) is 0 Å². The van der Waals surface area contributed by atoms with Gasteiger partial charge in [-0.25, -0.2) is 19.9 Å². The fourth-order valence-electron chi connectivity index (χ4n) is 6.42. The van der Waals surface area contributed by atoms with Gasteiger partial charge in [0.2, 0.25) is 0 Å². The number of hydrogen-bond donors (Lipinski definition) is 0. The normalized spacial score (nSPS) is 11.4. The third kappa shape index (κ3) is 4.64. The molecule has 6 aromatic carbocycles. The molecule has 0 aliphatic heterocycles. The van der Waals surface area contributed by atoms with E-state index in [-0.39, 0.29) is 0 Å². The highest BCUT2D eigenvalue weighted by atomic mass is 15.0. The Hall–Kier alpha value is -6.46. The molecule has 9 aromatic rings. The molecule has 0 saturated heterocycles. The Morgan fingerprint density at radius 1 is 0.383 bits per heavy atom. The minimum absolute atomic E-state index is 0.657. The zero-order valence-electron chi connectivity index (χ0n) is 25.3. The second kappa shape index (κ2) is 11.2. The molecule has 0 amide bonds. The predicted molar refractivity (Wildman–Crippen MR) is 191 cm³/mol. The van der Waals surface area contributed by atoms with Crippen molar-refractivity contribution in [2.24, 2.45) is 0 Å². The molecular formula is C42H27N5. The highest BCUT2D eigenvalue weighted by molar-refractivity contribution is 6.11. The van der Waals surface area contributed by atoms with Gasteiger partial charge in [-0.3, -0.25) is 0 Å². The summed E-state index contributed by atoms with van der Waals surface area (Å²) in [6.45, 7) is 0. The van der Waals surface area contributed by atoms with E-state index in [0.717, 1.165) is 78.0 Å². The number of hydrogen-bond acceptors (Lipinski definition) is 4. The van der Waals surface area contributed by atoms with Crippen LogP contribution in [-0.2, 0) is 0 Å². The number of nitrogens with zero attached hydrogens (tertiary/aromatic N) is 5. The summed E-state index contributed by atoms with van der Waals surface area (Å²) in [6, 6.07) is 55.9. The second-order valence-electron chi connectivity index (χ2n) is 11.5. The van der Waals surface area contributed by atoms with Crippen LogP contribution in [0.1, 0.15) is 0 Å². The zero-order valence-corrected chi connectivity index (χ0v) is 25.3. The second-order valence-corrected chi connectivity index (χ2v) is 11.5. The molecule has 0 bridgehead atoms. The molecule has 0 fully saturated rings. The lowest BCUT2D eigenvalue weighted by Gasteiger charge is -2.13. The summed E-state index contributed by atoms with van der Waals surface area (Å²) in [6.07, 6.45) is 0. The summed E-state index contributed by atoms with van der Waals surface area (Å²) in [5.74, 6) is 0.657. The van der Waals surface area contributed by atoms with E-state index in [0.29, 0.717) is 5.82 Å². The van der Waals surface area contributed by atoms with Gasteiger partial charge in [-0.2, -0.15) is 0 Å². The largest absolute Gasteiger partial charge is 0.306 e. The van der Waals surface area contributed by atoms with Crippen LogP contribution in [0, 0.1) is 0 Å². The van der Waals surface area contributed by atoms with E-state index in [1.165, 1.54) is 0 Å². The Morgan fingerprint density at radius 3 is 1.62 bits per heavy atom. The standard InChI is InChI=1S/C42H27N5/c1-4-15-28(16-5-1)37-38(44-35-25-12-11-24-34(35)43-37)30-19-14-20-31(27-30)42-45-39(29-17-6-2-7-18-29)41-40(46-42)33-23-10-13-26-36(33)47(41)32-21-8-3-9-22-32/h1-27H. The minimum Gasteiger partial charge on any atom is -0.306 e.